The largest absolute Gasteiger partial charge is 0.279 e. The van der Waals surface area contributed by atoms with Crippen LogP contribution in [-0.2, 0) is 10.0 Å². The first kappa shape index (κ1) is 22.3. The highest BCUT2D eigenvalue weighted by Gasteiger charge is 2.17. The second kappa shape index (κ2) is 9.20. The van der Waals surface area contributed by atoms with E-state index in [9.17, 15) is 18.0 Å². The van der Waals surface area contributed by atoms with E-state index in [0.717, 1.165) is 11.1 Å². The average Bonchev–Trinajstić information content (AvgIpc) is 2.75. The van der Waals surface area contributed by atoms with Crippen LogP contribution in [0.4, 0.5) is 5.69 Å². The minimum absolute atomic E-state index is 0.00940. The molecule has 160 valence electrons. The predicted octanol–water partition coefficient (Wildman–Crippen LogP) is 3.83. The van der Waals surface area contributed by atoms with Gasteiger partial charge in [0.15, 0.2) is 0 Å². The molecule has 0 bridgehead atoms. The van der Waals surface area contributed by atoms with Crippen molar-refractivity contribution in [2.45, 2.75) is 18.7 Å². The Morgan fingerprint density at radius 3 is 1.84 bits per heavy atom. The molecule has 0 aliphatic rings. The van der Waals surface area contributed by atoms with Gasteiger partial charge in [0, 0.05) is 16.1 Å². The van der Waals surface area contributed by atoms with E-state index in [1.165, 1.54) is 36.4 Å². The molecule has 3 rings (SSSR count). The van der Waals surface area contributed by atoms with E-state index in [-0.39, 0.29) is 10.5 Å². The fourth-order valence-electron chi connectivity index (χ4n) is 2.71. The Morgan fingerprint density at radius 2 is 1.29 bits per heavy atom. The lowest BCUT2D eigenvalue weighted by Gasteiger charge is -2.12. The highest BCUT2D eigenvalue weighted by atomic mass is 35.5. The van der Waals surface area contributed by atoms with Gasteiger partial charge in [-0.15, -0.1) is 0 Å². The highest BCUT2D eigenvalue weighted by Crippen LogP contribution is 2.22. The summed E-state index contributed by atoms with van der Waals surface area (Å²) in [5.41, 5.74) is 7.38. The molecular formula is C22H20ClN3O4S. The number of sulfonamides is 1. The summed E-state index contributed by atoms with van der Waals surface area (Å²) in [6.45, 7) is 3.73. The summed E-state index contributed by atoms with van der Waals surface area (Å²) in [5, 5.41) is 0.489. The van der Waals surface area contributed by atoms with Gasteiger partial charge >= 0.3 is 0 Å². The molecule has 0 atom stereocenters. The SMILES string of the molecule is Cc1cccc(NS(=O)(=O)c2ccc(C(=O)NNC(=O)c3ccc(Cl)cc3)cc2)c1C. The Morgan fingerprint density at radius 1 is 0.774 bits per heavy atom. The minimum atomic E-state index is -3.82. The van der Waals surface area contributed by atoms with E-state index in [4.69, 9.17) is 11.6 Å². The maximum atomic E-state index is 12.7. The molecule has 7 nitrogen and oxygen atoms in total. The Hall–Kier alpha value is -3.36. The lowest BCUT2D eigenvalue weighted by molar-refractivity contribution is 0.0846. The number of halogens is 1. The first-order chi connectivity index (χ1) is 14.7. The lowest BCUT2D eigenvalue weighted by atomic mass is 10.1. The Bertz CT molecular complexity index is 1220. The highest BCUT2D eigenvalue weighted by molar-refractivity contribution is 7.92. The van der Waals surface area contributed by atoms with Crippen molar-refractivity contribution in [3.63, 3.8) is 0 Å². The van der Waals surface area contributed by atoms with Crippen LogP contribution in [0.15, 0.2) is 71.6 Å². The molecular weight excluding hydrogens is 438 g/mol. The smallest absolute Gasteiger partial charge is 0.269 e. The number of hydrogen-bond acceptors (Lipinski definition) is 4. The quantitative estimate of drug-likeness (QED) is 0.506. The molecule has 0 spiro atoms. The van der Waals surface area contributed by atoms with Crippen LogP contribution in [0, 0.1) is 13.8 Å². The fourth-order valence-corrected chi connectivity index (χ4v) is 3.96. The Balaban J connectivity index is 1.66. The summed E-state index contributed by atoms with van der Waals surface area (Å²) in [5.74, 6) is -1.10. The third-order valence-electron chi connectivity index (χ3n) is 4.67. The van der Waals surface area contributed by atoms with Gasteiger partial charge < -0.3 is 0 Å². The van der Waals surface area contributed by atoms with E-state index < -0.39 is 21.8 Å². The minimum Gasteiger partial charge on any atom is -0.279 e. The van der Waals surface area contributed by atoms with E-state index in [0.29, 0.717) is 16.3 Å². The van der Waals surface area contributed by atoms with Crippen LogP contribution in [0.5, 0.6) is 0 Å². The molecule has 9 heteroatoms. The second-order valence-electron chi connectivity index (χ2n) is 6.79. The number of aryl methyl sites for hydroxylation is 1. The number of benzene rings is 3. The topological polar surface area (TPSA) is 104 Å². The number of carbonyl (C=O) groups is 2. The molecule has 3 aromatic rings. The van der Waals surface area contributed by atoms with E-state index in [1.807, 2.05) is 19.9 Å². The van der Waals surface area contributed by atoms with Gasteiger partial charge in [0.1, 0.15) is 0 Å². The first-order valence-corrected chi connectivity index (χ1v) is 11.1. The summed E-state index contributed by atoms with van der Waals surface area (Å²) in [6, 6.07) is 16.9. The maximum Gasteiger partial charge on any atom is 0.269 e. The number of carbonyl (C=O) groups excluding carboxylic acids is 2. The van der Waals surface area contributed by atoms with Crippen molar-refractivity contribution >= 4 is 39.1 Å². The number of hydrazine groups is 1. The van der Waals surface area contributed by atoms with Gasteiger partial charge in [0.25, 0.3) is 21.8 Å². The second-order valence-corrected chi connectivity index (χ2v) is 8.91. The van der Waals surface area contributed by atoms with Crippen molar-refractivity contribution in [3.05, 3.63) is 94.0 Å². The van der Waals surface area contributed by atoms with Crippen LogP contribution < -0.4 is 15.6 Å². The van der Waals surface area contributed by atoms with Gasteiger partial charge in [-0.25, -0.2) is 8.42 Å². The predicted molar refractivity (Wildman–Crippen MR) is 120 cm³/mol. The molecule has 0 saturated heterocycles. The number of nitrogens with one attached hydrogen (secondary N) is 3. The number of hydrogen-bond donors (Lipinski definition) is 3. The average molecular weight is 458 g/mol. The molecule has 0 fully saturated rings. The summed E-state index contributed by atoms with van der Waals surface area (Å²) in [6.07, 6.45) is 0. The number of amides is 2. The van der Waals surface area contributed by atoms with Crippen LogP contribution >= 0.6 is 11.6 Å². The lowest BCUT2D eigenvalue weighted by Crippen LogP contribution is -2.41. The van der Waals surface area contributed by atoms with Gasteiger partial charge in [-0.2, -0.15) is 0 Å². The van der Waals surface area contributed by atoms with Crippen molar-refractivity contribution in [1.29, 1.82) is 0 Å². The number of rotatable bonds is 5. The maximum absolute atomic E-state index is 12.7. The molecule has 31 heavy (non-hydrogen) atoms. The van der Waals surface area contributed by atoms with Gasteiger partial charge in [0.05, 0.1) is 10.6 Å². The summed E-state index contributed by atoms with van der Waals surface area (Å²) >= 11 is 5.78. The third kappa shape index (κ3) is 5.42. The monoisotopic (exact) mass is 457 g/mol. The van der Waals surface area contributed by atoms with Crippen LogP contribution in [0.1, 0.15) is 31.8 Å². The molecule has 3 aromatic carbocycles. The van der Waals surface area contributed by atoms with Gasteiger partial charge in [-0.3, -0.25) is 25.2 Å². The molecule has 3 N–H and O–H groups in total. The normalized spacial score (nSPS) is 10.9. The zero-order valence-electron chi connectivity index (χ0n) is 16.8. The van der Waals surface area contributed by atoms with Crippen LogP contribution in [0.2, 0.25) is 5.02 Å². The van der Waals surface area contributed by atoms with Crippen molar-refractivity contribution < 1.29 is 18.0 Å². The standard InChI is InChI=1S/C22H20ClN3O4S/c1-14-4-3-5-20(15(14)2)26-31(29,30)19-12-8-17(9-13-19)22(28)25-24-21(27)16-6-10-18(23)11-7-16/h3-13,26H,1-2H3,(H,24,27)(H,25,28). The van der Waals surface area contributed by atoms with Gasteiger partial charge in [-0.1, -0.05) is 23.7 Å². The fraction of sp³-hybridized carbons (Fsp3) is 0.0909. The summed E-state index contributed by atoms with van der Waals surface area (Å²) in [4.78, 5) is 24.3. The zero-order chi connectivity index (χ0) is 22.6. The van der Waals surface area contributed by atoms with Crippen molar-refractivity contribution in [1.82, 2.24) is 10.9 Å². The molecule has 2 amide bonds. The van der Waals surface area contributed by atoms with Crippen LogP contribution in [0.3, 0.4) is 0 Å². The third-order valence-corrected chi connectivity index (χ3v) is 6.31. The zero-order valence-corrected chi connectivity index (χ0v) is 18.3. The molecule has 0 unspecified atom stereocenters. The van der Waals surface area contributed by atoms with E-state index in [2.05, 4.69) is 15.6 Å². The van der Waals surface area contributed by atoms with Crippen LogP contribution in [-0.4, -0.2) is 20.2 Å². The molecule has 0 saturated carbocycles. The van der Waals surface area contributed by atoms with Crippen molar-refractivity contribution in [2.75, 3.05) is 4.72 Å². The Kier molecular flexibility index (Phi) is 6.62. The van der Waals surface area contributed by atoms with Crippen molar-refractivity contribution in [3.8, 4) is 0 Å². The van der Waals surface area contributed by atoms with Gasteiger partial charge in [-0.05, 0) is 79.6 Å². The molecule has 0 radical (unpaired) electrons. The summed E-state index contributed by atoms with van der Waals surface area (Å²) < 4.78 is 27.9. The van der Waals surface area contributed by atoms with E-state index in [1.54, 1.807) is 24.3 Å². The number of anilines is 1. The van der Waals surface area contributed by atoms with Gasteiger partial charge in [0.2, 0.25) is 0 Å². The van der Waals surface area contributed by atoms with Crippen molar-refractivity contribution in [2.24, 2.45) is 0 Å². The molecule has 0 aromatic heterocycles. The van der Waals surface area contributed by atoms with E-state index >= 15 is 0 Å². The first-order valence-electron chi connectivity index (χ1n) is 9.23. The summed E-state index contributed by atoms with van der Waals surface area (Å²) in [7, 11) is -3.82. The molecule has 0 aliphatic heterocycles. The van der Waals surface area contributed by atoms with Crippen LogP contribution in [0.25, 0.3) is 0 Å². The molecule has 0 aliphatic carbocycles. The Labute approximate surface area is 185 Å². The molecule has 0 heterocycles.